The standard InChI is InChI=1S/C15H15BrN2O2S/c1-17-14(10-7-13(16)21-8-10)9-2-3-12-11(6-9)15(19)18-4-5-20-12/h2-3,6-8,14,17H,4-5H2,1H3,(H,18,19). The van der Waals surface area contributed by atoms with Crippen LogP contribution < -0.4 is 15.4 Å². The summed E-state index contributed by atoms with van der Waals surface area (Å²) in [4.78, 5) is 12.1. The first kappa shape index (κ1) is 14.6. The lowest BCUT2D eigenvalue weighted by Crippen LogP contribution is -2.24. The molecule has 1 atom stereocenters. The first-order chi connectivity index (χ1) is 10.2. The highest BCUT2D eigenvalue weighted by Gasteiger charge is 2.20. The van der Waals surface area contributed by atoms with Crippen molar-refractivity contribution in [2.45, 2.75) is 6.04 Å². The van der Waals surface area contributed by atoms with Crippen molar-refractivity contribution in [1.29, 1.82) is 0 Å². The Labute approximate surface area is 135 Å². The Hall–Kier alpha value is -1.37. The Morgan fingerprint density at radius 2 is 2.24 bits per heavy atom. The van der Waals surface area contributed by atoms with E-state index >= 15 is 0 Å². The number of benzene rings is 1. The molecule has 110 valence electrons. The summed E-state index contributed by atoms with van der Waals surface area (Å²) in [7, 11) is 1.92. The van der Waals surface area contributed by atoms with Gasteiger partial charge in [-0.1, -0.05) is 6.07 Å². The van der Waals surface area contributed by atoms with E-state index in [1.165, 1.54) is 5.56 Å². The number of ether oxygens (including phenoxy) is 1. The quantitative estimate of drug-likeness (QED) is 0.877. The fourth-order valence-electron chi connectivity index (χ4n) is 2.45. The monoisotopic (exact) mass is 366 g/mol. The van der Waals surface area contributed by atoms with Crippen LogP contribution in [0.3, 0.4) is 0 Å². The number of thiophene rings is 1. The lowest BCUT2D eigenvalue weighted by Gasteiger charge is -2.17. The van der Waals surface area contributed by atoms with Crippen molar-refractivity contribution in [3.63, 3.8) is 0 Å². The van der Waals surface area contributed by atoms with E-state index in [-0.39, 0.29) is 11.9 Å². The van der Waals surface area contributed by atoms with Crippen molar-refractivity contribution in [2.75, 3.05) is 20.2 Å². The number of amides is 1. The highest BCUT2D eigenvalue weighted by molar-refractivity contribution is 9.11. The van der Waals surface area contributed by atoms with Crippen LogP contribution in [-0.2, 0) is 0 Å². The van der Waals surface area contributed by atoms with Crippen molar-refractivity contribution in [1.82, 2.24) is 10.6 Å². The summed E-state index contributed by atoms with van der Waals surface area (Å²) in [5.41, 5.74) is 2.81. The third kappa shape index (κ3) is 2.97. The Morgan fingerprint density at radius 3 is 2.95 bits per heavy atom. The molecule has 0 saturated heterocycles. The summed E-state index contributed by atoms with van der Waals surface area (Å²) in [5, 5.41) is 8.24. The molecular weight excluding hydrogens is 352 g/mol. The fraction of sp³-hybridized carbons (Fsp3) is 0.267. The van der Waals surface area contributed by atoms with Crippen LogP contribution >= 0.6 is 27.3 Å². The number of carbonyl (C=O) groups excluding carboxylic acids is 1. The van der Waals surface area contributed by atoms with Gasteiger partial charge in [0.05, 0.1) is 21.9 Å². The predicted octanol–water partition coefficient (Wildman–Crippen LogP) is 2.94. The lowest BCUT2D eigenvalue weighted by molar-refractivity contribution is 0.0957. The molecule has 2 heterocycles. The summed E-state index contributed by atoms with van der Waals surface area (Å²) < 4.78 is 6.68. The van der Waals surface area contributed by atoms with Gasteiger partial charge < -0.3 is 15.4 Å². The minimum Gasteiger partial charge on any atom is -0.491 e. The molecule has 1 aromatic heterocycles. The van der Waals surface area contributed by atoms with Gasteiger partial charge in [0.2, 0.25) is 0 Å². The van der Waals surface area contributed by atoms with Crippen molar-refractivity contribution >= 4 is 33.2 Å². The van der Waals surface area contributed by atoms with Crippen LogP contribution in [0.1, 0.15) is 27.5 Å². The average Bonchev–Trinajstić information content (AvgIpc) is 2.82. The molecule has 1 aliphatic rings. The number of hydrogen-bond donors (Lipinski definition) is 2. The summed E-state index contributed by atoms with van der Waals surface area (Å²) in [6.45, 7) is 1.04. The smallest absolute Gasteiger partial charge is 0.255 e. The fourth-order valence-corrected chi connectivity index (χ4v) is 3.65. The second kappa shape index (κ2) is 6.17. The first-order valence-electron chi connectivity index (χ1n) is 6.65. The zero-order chi connectivity index (χ0) is 14.8. The molecule has 0 spiro atoms. The van der Waals surface area contributed by atoms with E-state index in [1.807, 2.05) is 25.2 Å². The summed E-state index contributed by atoms with van der Waals surface area (Å²) in [6.07, 6.45) is 0. The Balaban J connectivity index is 2.00. The van der Waals surface area contributed by atoms with Gasteiger partial charge >= 0.3 is 0 Å². The maximum atomic E-state index is 12.1. The van der Waals surface area contributed by atoms with Crippen LogP contribution in [0, 0.1) is 0 Å². The van der Waals surface area contributed by atoms with Crippen molar-refractivity contribution in [3.05, 3.63) is 50.1 Å². The van der Waals surface area contributed by atoms with Gasteiger partial charge in [0, 0.05) is 0 Å². The minimum atomic E-state index is -0.0781. The zero-order valence-electron chi connectivity index (χ0n) is 11.5. The summed E-state index contributed by atoms with van der Waals surface area (Å²) >= 11 is 5.14. The molecule has 1 unspecified atom stereocenters. The maximum absolute atomic E-state index is 12.1. The highest BCUT2D eigenvalue weighted by Crippen LogP contribution is 2.31. The molecule has 2 aromatic rings. The average molecular weight is 367 g/mol. The van der Waals surface area contributed by atoms with Crippen molar-refractivity contribution in [2.24, 2.45) is 0 Å². The molecule has 6 heteroatoms. The first-order valence-corrected chi connectivity index (χ1v) is 8.32. The number of nitrogens with one attached hydrogen (secondary N) is 2. The van der Waals surface area contributed by atoms with E-state index in [9.17, 15) is 4.79 Å². The van der Waals surface area contributed by atoms with Crippen LogP contribution in [0.25, 0.3) is 0 Å². The van der Waals surface area contributed by atoms with E-state index in [0.717, 1.165) is 9.35 Å². The third-order valence-corrected chi connectivity index (χ3v) is 4.96. The molecular formula is C15H15BrN2O2S. The molecule has 1 aliphatic heterocycles. The molecule has 3 rings (SSSR count). The van der Waals surface area contributed by atoms with Crippen LogP contribution in [0.5, 0.6) is 5.75 Å². The minimum absolute atomic E-state index is 0.0499. The van der Waals surface area contributed by atoms with E-state index in [1.54, 1.807) is 11.3 Å². The van der Waals surface area contributed by atoms with Crippen LogP contribution in [-0.4, -0.2) is 26.1 Å². The maximum Gasteiger partial charge on any atom is 0.255 e. The third-order valence-electron chi connectivity index (χ3n) is 3.44. The summed E-state index contributed by atoms with van der Waals surface area (Å²) in [6, 6.07) is 7.93. The Kier molecular flexibility index (Phi) is 4.28. The molecule has 4 nitrogen and oxygen atoms in total. The molecule has 0 aliphatic carbocycles. The Morgan fingerprint density at radius 1 is 1.38 bits per heavy atom. The van der Waals surface area contributed by atoms with E-state index < -0.39 is 0 Å². The number of rotatable bonds is 3. The van der Waals surface area contributed by atoms with Crippen molar-refractivity contribution < 1.29 is 9.53 Å². The second-order valence-electron chi connectivity index (χ2n) is 4.77. The van der Waals surface area contributed by atoms with Gasteiger partial charge in [-0.3, -0.25) is 4.79 Å². The number of halogens is 1. The molecule has 0 saturated carbocycles. The van der Waals surface area contributed by atoms with Gasteiger partial charge in [0.1, 0.15) is 12.4 Å². The van der Waals surface area contributed by atoms with Gasteiger partial charge in [0.15, 0.2) is 0 Å². The molecule has 2 N–H and O–H groups in total. The molecule has 1 aromatic carbocycles. The summed E-state index contributed by atoms with van der Waals surface area (Å²) in [5.74, 6) is 0.570. The van der Waals surface area contributed by atoms with Gasteiger partial charge in [-0.2, -0.15) is 0 Å². The number of carbonyl (C=O) groups is 1. The Bertz CT molecular complexity index is 671. The van der Waals surface area contributed by atoms with Gasteiger partial charge in [-0.05, 0) is 57.7 Å². The number of fused-ring (bicyclic) bond motifs is 1. The normalized spacial score (nSPS) is 15.6. The van der Waals surface area contributed by atoms with E-state index in [4.69, 9.17) is 4.74 Å². The van der Waals surface area contributed by atoms with E-state index in [2.05, 4.69) is 38.0 Å². The molecule has 0 fully saturated rings. The van der Waals surface area contributed by atoms with Gasteiger partial charge in [0.25, 0.3) is 5.91 Å². The van der Waals surface area contributed by atoms with Gasteiger partial charge in [-0.25, -0.2) is 0 Å². The molecule has 21 heavy (non-hydrogen) atoms. The lowest BCUT2D eigenvalue weighted by atomic mass is 9.98. The SMILES string of the molecule is CNC(c1csc(Br)c1)c1ccc2c(c1)C(=O)NCCO2. The molecule has 1 amide bonds. The zero-order valence-corrected chi connectivity index (χ0v) is 13.9. The highest BCUT2D eigenvalue weighted by atomic mass is 79.9. The van der Waals surface area contributed by atoms with Crippen LogP contribution in [0.4, 0.5) is 0 Å². The predicted molar refractivity (Wildman–Crippen MR) is 87.2 cm³/mol. The largest absolute Gasteiger partial charge is 0.491 e. The van der Waals surface area contributed by atoms with Gasteiger partial charge in [-0.15, -0.1) is 11.3 Å². The van der Waals surface area contributed by atoms with E-state index in [0.29, 0.717) is 24.5 Å². The van der Waals surface area contributed by atoms with Crippen LogP contribution in [0.15, 0.2) is 33.4 Å². The second-order valence-corrected chi connectivity index (χ2v) is 7.06. The molecule has 0 radical (unpaired) electrons. The van der Waals surface area contributed by atoms with Crippen molar-refractivity contribution in [3.8, 4) is 5.75 Å². The number of hydrogen-bond acceptors (Lipinski definition) is 4. The topological polar surface area (TPSA) is 50.4 Å². The molecule has 0 bridgehead atoms. The van der Waals surface area contributed by atoms with Crippen LogP contribution in [0.2, 0.25) is 0 Å².